The number of carbonyl (C=O) groups excluding carboxylic acids is 5. The zero-order valence-corrected chi connectivity index (χ0v) is 31.2. The van der Waals surface area contributed by atoms with Crippen LogP contribution in [0.25, 0.3) is 0 Å². The highest BCUT2D eigenvalue weighted by atomic mass is 16.2. The molecule has 0 bridgehead atoms. The van der Waals surface area contributed by atoms with Crippen LogP contribution in [-0.4, -0.2) is 91.8 Å². The third kappa shape index (κ3) is 13.3. The van der Waals surface area contributed by atoms with Crippen molar-refractivity contribution < 1.29 is 24.0 Å². The van der Waals surface area contributed by atoms with Crippen LogP contribution in [0.3, 0.4) is 0 Å². The summed E-state index contributed by atoms with van der Waals surface area (Å²) in [6, 6.07) is 35.1. The predicted molar refractivity (Wildman–Crippen MR) is 210 cm³/mol. The summed E-state index contributed by atoms with van der Waals surface area (Å²) in [5, 5.41) is 3.17. The van der Waals surface area contributed by atoms with Gasteiger partial charge in [-0.1, -0.05) is 103 Å². The number of benzene rings is 3. The average Bonchev–Trinajstić information content (AvgIpc) is 3.21. The second-order valence-electron chi connectivity index (χ2n) is 13.2. The lowest BCUT2D eigenvalue weighted by atomic mass is 10.2. The van der Waals surface area contributed by atoms with Gasteiger partial charge in [0, 0.05) is 57.5 Å². The Bertz CT molecular complexity index is 2010. The number of hydrogen-bond donors (Lipinski definition) is 2. The summed E-state index contributed by atoms with van der Waals surface area (Å²) >= 11 is 0. The van der Waals surface area contributed by atoms with Crippen LogP contribution in [0.5, 0.6) is 0 Å². The Morgan fingerprint density at radius 1 is 0.446 bits per heavy atom. The lowest BCUT2D eigenvalue weighted by molar-refractivity contribution is -0.147. The number of rotatable bonds is 20. The van der Waals surface area contributed by atoms with Gasteiger partial charge in [0.25, 0.3) is 0 Å². The SMILES string of the molecule is NC(=O)CN(Cc1ccccc1)C(=O)CN(Cc1cccnc1)C(=O)CN(Cc1ccccc1)C(=O)CN(Cc1cccnc1)C(=O)CNCc1ccccc1. The normalized spacial score (nSPS) is 10.6. The molecule has 3 aromatic carbocycles. The number of nitrogens with zero attached hydrogens (tertiary/aromatic N) is 6. The van der Waals surface area contributed by atoms with Gasteiger partial charge in [-0.3, -0.25) is 33.9 Å². The lowest BCUT2D eigenvalue weighted by Crippen LogP contribution is -2.50. The predicted octanol–water partition coefficient (Wildman–Crippen LogP) is 3.17. The van der Waals surface area contributed by atoms with E-state index in [1.807, 2.05) is 97.1 Å². The molecule has 0 atom stereocenters. The first kappa shape index (κ1) is 40.5. The molecule has 13 heteroatoms. The summed E-state index contributed by atoms with van der Waals surface area (Å²) < 4.78 is 0. The molecular weight excluding hydrogens is 709 g/mol. The van der Waals surface area contributed by atoms with Crippen molar-refractivity contribution in [3.63, 3.8) is 0 Å². The summed E-state index contributed by atoms with van der Waals surface area (Å²) in [4.78, 5) is 82.1. The molecule has 0 aliphatic rings. The summed E-state index contributed by atoms with van der Waals surface area (Å²) in [6.07, 6.45) is 6.47. The largest absolute Gasteiger partial charge is 0.368 e. The number of nitrogens with two attached hydrogens (primary N) is 1. The Kier molecular flexibility index (Phi) is 15.3. The minimum absolute atomic E-state index is 0.0141. The molecule has 5 amide bonds. The van der Waals surface area contributed by atoms with Crippen LogP contribution in [0.1, 0.15) is 27.8 Å². The quantitative estimate of drug-likeness (QED) is 0.123. The summed E-state index contributed by atoms with van der Waals surface area (Å²) in [6.45, 7) is -0.682. The monoisotopic (exact) mass is 754 g/mol. The van der Waals surface area contributed by atoms with E-state index in [1.54, 1.807) is 43.0 Å². The van der Waals surface area contributed by atoms with Crippen molar-refractivity contribution in [3.8, 4) is 0 Å². The molecule has 2 heterocycles. The van der Waals surface area contributed by atoms with Crippen LogP contribution in [0.15, 0.2) is 140 Å². The summed E-state index contributed by atoms with van der Waals surface area (Å²) in [7, 11) is 0. The Labute approximate surface area is 326 Å². The van der Waals surface area contributed by atoms with Gasteiger partial charge in [0.15, 0.2) is 0 Å². The summed E-state index contributed by atoms with van der Waals surface area (Å²) in [5.74, 6) is -2.47. The first-order chi connectivity index (χ1) is 27.2. The van der Waals surface area contributed by atoms with Crippen molar-refractivity contribution in [2.45, 2.75) is 32.7 Å². The maximum absolute atomic E-state index is 14.3. The highest BCUT2D eigenvalue weighted by Gasteiger charge is 2.28. The third-order valence-electron chi connectivity index (χ3n) is 8.81. The lowest BCUT2D eigenvalue weighted by Gasteiger charge is -2.31. The van der Waals surface area contributed by atoms with Crippen molar-refractivity contribution in [1.82, 2.24) is 34.9 Å². The number of amides is 5. The highest BCUT2D eigenvalue weighted by Crippen LogP contribution is 2.13. The molecule has 0 saturated carbocycles. The molecule has 0 fully saturated rings. The van der Waals surface area contributed by atoms with Gasteiger partial charge in [0.1, 0.15) is 19.6 Å². The van der Waals surface area contributed by atoms with Crippen molar-refractivity contribution in [1.29, 1.82) is 0 Å². The zero-order chi connectivity index (χ0) is 39.5. The van der Waals surface area contributed by atoms with E-state index in [-0.39, 0.29) is 58.3 Å². The minimum Gasteiger partial charge on any atom is -0.368 e. The highest BCUT2D eigenvalue weighted by molar-refractivity contribution is 5.91. The Morgan fingerprint density at radius 3 is 1.20 bits per heavy atom. The van der Waals surface area contributed by atoms with Gasteiger partial charge in [-0.25, -0.2) is 0 Å². The van der Waals surface area contributed by atoms with Gasteiger partial charge >= 0.3 is 0 Å². The van der Waals surface area contributed by atoms with Crippen LogP contribution in [0, 0.1) is 0 Å². The van der Waals surface area contributed by atoms with Crippen molar-refractivity contribution in [3.05, 3.63) is 168 Å². The van der Waals surface area contributed by atoms with E-state index in [4.69, 9.17) is 5.73 Å². The Morgan fingerprint density at radius 2 is 0.804 bits per heavy atom. The number of nitrogens with one attached hydrogen (secondary N) is 1. The second-order valence-corrected chi connectivity index (χ2v) is 13.2. The average molecular weight is 755 g/mol. The molecule has 0 saturated heterocycles. The molecule has 0 radical (unpaired) electrons. The fourth-order valence-corrected chi connectivity index (χ4v) is 5.96. The molecule has 3 N–H and O–H groups in total. The van der Waals surface area contributed by atoms with Gasteiger partial charge in [-0.15, -0.1) is 0 Å². The van der Waals surface area contributed by atoms with E-state index in [2.05, 4.69) is 15.3 Å². The van der Waals surface area contributed by atoms with Crippen LogP contribution in [0.2, 0.25) is 0 Å². The topological polar surface area (TPSA) is 162 Å². The maximum Gasteiger partial charge on any atom is 0.242 e. The molecule has 56 heavy (non-hydrogen) atoms. The number of primary amides is 1. The molecule has 13 nitrogen and oxygen atoms in total. The molecule has 0 aliphatic carbocycles. The maximum atomic E-state index is 14.3. The molecule has 0 unspecified atom stereocenters. The standard InChI is InChI=1S/C43H46N8O5/c44-39(52)30-48(26-35-14-6-2-7-15-35)41(54)32-51(29-38-19-11-21-46-24-38)43(56)33-50(27-36-16-8-3-9-17-36)42(55)31-49(28-37-18-10-20-45-23-37)40(53)25-47-22-34-12-4-1-5-13-34/h1-21,23-24,47H,22,25-33H2,(H2,44,52). The minimum atomic E-state index is -0.695. The smallest absolute Gasteiger partial charge is 0.242 e. The van der Waals surface area contributed by atoms with Crippen LogP contribution in [0.4, 0.5) is 0 Å². The second kappa shape index (κ2) is 21.2. The molecule has 5 aromatic rings. The Hall–Kier alpha value is -6.73. The first-order valence-corrected chi connectivity index (χ1v) is 18.2. The molecule has 0 aliphatic heterocycles. The van der Waals surface area contributed by atoms with E-state index in [0.717, 1.165) is 22.3 Å². The van der Waals surface area contributed by atoms with Crippen molar-refractivity contribution in [2.75, 3.05) is 32.7 Å². The van der Waals surface area contributed by atoms with Gasteiger partial charge in [0.2, 0.25) is 29.5 Å². The van der Waals surface area contributed by atoms with Crippen LogP contribution in [-0.2, 0) is 56.7 Å². The van der Waals surface area contributed by atoms with Crippen LogP contribution < -0.4 is 11.1 Å². The fourth-order valence-electron chi connectivity index (χ4n) is 5.96. The zero-order valence-electron chi connectivity index (χ0n) is 31.2. The molecule has 5 rings (SSSR count). The number of carbonyl (C=O) groups is 5. The summed E-state index contributed by atoms with van der Waals surface area (Å²) in [5.41, 5.74) is 9.50. The number of hydrogen-bond acceptors (Lipinski definition) is 8. The number of aromatic nitrogens is 2. The number of pyridine rings is 2. The van der Waals surface area contributed by atoms with E-state index >= 15 is 0 Å². The molecule has 288 valence electrons. The third-order valence-corrected chi connectivity index (χ3v) is 8.81. The fraction of sp³-hybridized carbons (Fsp3) is 0.233. The van der Waals surface area contributed by atoms with E-state index in [9.17, 15) is 24.0 Å². The first-order valence-electron chi connectivity index (χ1n) is 18.2. The van der Waals surface area contributed by atoms with E-state index in [0.29, 0.717) is 12.1 Å². The van der Waals surface area contributed by atoms with Crippen molar-refractivity contribution in [2.24, 2.45) is 5.73 Å². The van der Waals surface area contributed by atoms with Gasteiger partial charge in [-0.2, -0.15) is 0 Å². The van der Waals surface area contributed by atoms with Crippen LogP contribution >= 0.6 is 0 Å². The van der Waals surface area contributed by atoms with E-state index < -0.39 is 30.2 Å². The van der Waals surface area contributed by atoms with Gasteiger partial charge in [-0.05, 0) is 39.9 Å². The Balaban J connectivity index is 1.37. The molecular formula is C43H46N8O5. The molecule has 2 aromatic heterocycles. The van der Waals surface area contributed by atoms with Crippen molar-refractivity contribution >= 4 is 29.5 Å². The van der Waals surface area contributed by atoms with Gasteiger partial charge < -0.3 is 30.7 Å². The van der Waals surface area contributed by atoms with E-state index in [1.165, 1.54) is 19.6 Å². The molecule has 0 spiro atoms. The van der Waals surface area contributed by atoms with Gasteiger partial charge in [0.05, 0.1) is 13.1 Å².